The normalized spacial score (nSPS) is 8.12. The summed E-state index contributed by atoms with van der Waals surface area (Å²) in [4.78, 5) is 19.6. The summed E-state index contributed by atoms with van der Waals surface area (Å²) >= 11 is 4.70. The van der Waals surface area contributed by atoms with Crippen LogP contribution >= 0.6 is 11.6 Å². The Balaban J connectivity index is 4.05. The molecule has 0 aromatic rings. The number of carbonyl (C=O) groups excluding carboxylic acids is 1. The van der Waals surface area contributed by atoms with E-state index in [-0.39, 0.29) is 0 Å². The van der Waals surface area contributed by atoms with Crippen LogP contribution in [0.15, 0.2) is 12.2 Å². The van der Waals surface area contributed by atoms with E-state index in [1.54, 1.807) is 0 Å². The fourth-order valence-corrected chi connectivity index (χ4v) is 0.165. The van der Waals surface area contributed by atoms with Gasteiger partial charge < -0.3 is 5.11 Å². The molecule has 0 aromatic heterocycles. The molecule has 0 unspecified atom stereocenters. The van der Waals surface area contributed by atoms with Crippen LogP contribution in [0.4, 0.5) is 0 Å². The maximum absolute atomic E-state index is 9.87. The van der Waals surface area contributed by atoms with Gasteiger partial charge in [0.15, 0.2) is 0 Å². The number of carboxylic acid groups (broad SMARTS) is 1. The first-order valence-electron chi connectivity index (χ1n) is 1.67. The third-order valence-corrected chi connectivity index (χ3v) is 0.724. The first-order valence-corrected chi connectivity index (χ1v) is 2.05. The molecule has 0 rings (SSSR count). The van der Waals surface area contributed by atoms with E-state index in [0.717, 1.165) is 0 Å². The zero-order valence-electron chi connectivity index (χ0n) is 3.85. The highest BCUT2D eigenvalue weighted by Gasteiger charge is 2.09. The molecule has 0 fully saturated rings. The molecule has 0 aliphatic heterocycles. The lowest BCUT2D eigenvalue weighted by Gasteiger charge is -1.85. The molecule has 3 nitrogen and oxygen atoms in total. The van der Waals surface area contributed by atoms with E-state index in [9.17, 15) is 9.59 Å². The minimum absolute atomic E-state index is 0.605. The average molecular weight is 135 g/mol. The Hall–Kier alpha value is -0.830. The van der Waals surface area contributed by atoms with Gasteiger partial charge in [0.1, 0.15) is 5.57 Å². The quantitative estimate of drug-likeness (QED) is 0.257. The summed E-state index contributed by atoms with van der Waals surface area (Å²) in [5, 5.41) is 6.92. The molecule has 0 aliphatic rings. The van der Waals surface area contributed by atoms with Gasteiger partial charge in [-0.3, -0.25) is 4.79 Å². The van der Waals surface area contributed by atoms with Gasteiger partial charge in [0.2, 0.25) is 0 Å². The highest BCUT2D eigenvalue weighted by molar-refractivity contribution is 6.70. The number of rotatable bonds is 2. The van der Waals surface area contributed by atoms with Crippen molar-refractivity contribution in [3.63, 3.8) is 0 Å². The van der Waals surface area contributed by atoms with Crippen molar-refractivity contribution in [3.05, 3.63) is 12.2 Å². The molecule has 0 bridgehead atoms. The average Bonchev–Trinajstić information content (AvgIpc) is 1.64. The van der Waals surface area contributed by atoms with Crippen molar-refractivity contribution >= 4 is 22.8 Å². The van der Waals surface area contributed by atoms with Crippen LogP contribution in [0.5, 0.6) is 0 Å². The maximum atomic E-state index is 9.87. The molecule has 0 aromatic carbocycles. The van der Waals surface area contributed by atoms with Crippen LogP contribution in [0.2, 0.25) is 0 Å². The molecule has 0 atom stereocenters. The molecule has 0 saturated heterocycles. The van der Waals surface area contributed by atoms with Crippen LogP contribution in [-0.4, -0.2) is 16.3 Å². The summed E-state index contributed by atoms with van der Waals surface area (Å²) in [5.74, 6) is -1.38. The second-order valence-corrected chi connectivity index (χ2v) is 1.40. The Kier molecular flexibility index (Phi) is 2.21. The van der Waals surface area contributed by atoms with E-state index in [1.165, 1.54) is 0 Å². The van der Waals surface area contributed by atoms with Gasteiger partial charge in [0, 0.05) is 0 Å². The van der Waals surface area contributed by atoms with Crippen LogP contribution in [0, 0.1) is 0 Å². The van der Waals surface area contributed by atoms with Gasteiger partial charge >= 0.3 is 5.97 Å². The Morgan fingerprint density at radius 1 is 1.50 bits per heavy atom. The van der Waals surface area contributed by atoms with Crippen molar-refractivity contribution in [1.29, 1.82) is 0 Å². The monoisotopic (exact) mass is 134 g/mol. The highest BCUT2D eigenvalue weighted by atomic mass is 35.5. The Bertz CT molecular complexity index is 133. The van der Waals surface area contributed by atoms with Gasteiger partial charge in [-0.05, 0) is 11.6 Å². The number of hydrogen-bond acceptors (Lipinski definition) is 2. The predicted octanol–water partition coefficient (Wildman–Crippen LogP) is 0.393. The lowest BCUT2D eigenvalue weighted by molar-refractivity contribution is -0.133. The number of carbonyl (C=O) groups is 2. The van der Waals surface area contributed by atoms with Crippen LogP contribution < -0.4 is 0 Å². The van der Waals surface area contributed by atoms with Crippen molar-refractivity contribution < 1.29 is 14.7 Å². The Morgan fingerprint density at radius 2 is 1.88 bits per heavy atom. The third kappa shape index (κ3) is 1.75. The van der Waals surface area contributed by atoms with Crippen molar-refractivity contribution in [3.8, 4) is 0 Å². The Morgan fingerprint density at radius 3 is 1.88 bits per heavy atom. The predicted molar refractivity (Wildman–Crippen MR) is 27.6 cm³/mol. The molecule has 4 heteroatoms. The summed E-state index contributed by atoms with van der Waals surface area (Å²) in [6.45, 7) is 2.87. The summed E-state index contributed by atoms with van der Waals surface area (Å²) in [5.41, 5.74) is -0.605. The molecule has 0 amide bonds. The summed E-state index contributed by atoms with van der Waals surface area (Å²) in [6, 6.07) is 0. The van der Waals surface area contributed by atoms with Gasteiger partial charge in [0.25, 0.3) is 5.24 Å². The second-order valence-electron chi connectivity index (χ2n) is 1.06. The van der Waals surface area contributed by atoms with Gasteiger partial charge in [0.05, 0.1) is 0 Å². The first-order chi connectivity index (χ1) is 3.55. The van der Waals surface area contributed by atoms with Crippen molar-refractivity contribution in [1.82, 2.24) is 0 Å². The molecule has 8 heavy (non-hydrogen) atoms. The SMILES string of the molecule is C=C(C(=O)O)C(=O)Cl. The molecular formula is C4H3ClO3. The van der Waals surface area contributed by atoms with E-state index >= 15 is 0 Å². The number of hydrogen-bond donors (Lipinski definition) is 1. The molecule has 0 radical (unpaired) electrons. The van der Waals surface area contributed by atoms with Crippen LogP contribution in [0.1, 0.15) is 0 Å². The standard InChI is InChI=1S/C4H3ClO3/c1-2(3(5)6)4(7)8/h1H2,(H,7,8). The summed E-state index contributed by atoms with van der Waals surface area (Å²) < 4.78 is 0. The first kappa shape index (κ1) is 7.17. The van der Waals surface area contributed by atoms with E-state index in [4.69, 9.17) is 16.7 Å². The zero-order chi connectivity index (χ0) is 6.73. The van der Waals surface area contributed by atoms with Gasteiger partial charge in [-0.25, -0.2) is 4.79 Å². The minimum Gasteiger partial charge on any atom is -0.478 e. The van der Waals surface area contributed by atoms with Gasteiger partial charge in [-0.1, -0.05) is 6.58 Å². The second kappa shape index (κ2) is 2.47. The minimum atomic E-state index is -1.38. The smallest absolute Gasteiger partial charge is 0.340 e. The molecule has 0 saturated carbocycles. The molecular weight excluding hydrogens is 131 g/mol. The molecule has 0 heterocycles. The number of carboxylic acids is 1. The third-order valence-electron chi connectivity index (χ3n) is 0.495. The topological polar surface area (TPSA) is 54.4 Å². The molecule has 0 aliphatic carbocycles. The summed E-state index contributed by atoms with van der Waals surface area (Å²) in [7, 11) is 0. The number of aliphatic carboxylic acids is 1. The van der Waals surface area contributed by atoms with Crippen LogP contribution in [0.25, 0.3) is 0 Å². The maximum Gasteiger partial charge on any atom is 0.340 e. The Labute approximate surface area is 50.6 Å². The lowest BCUT2D eigenvalue weighted by Crippen LogP contribution is -2.04. The van der Waals surface area contributed by atoms with E-state index in [2.05, 4.69) is 6.58 Å². The highest BCUT2D eigenvalue weighted by Crippen LogP contribution is 1.94. The molecule has 0 spiro atoms. The van der Waals surface area contributed by atoms with E-state index in [1.807, 2.05) is 0 Å². The summed E-state index contributed by atoms with van der Waals surface area (Å²) in [6.07, 6.45) is 0. The number of halogens is 1. The van der Waals surface area contributed by atoms with E-state index in [0.29, 0.717) is 0 Å². The van der Waals surface area contributed by atoms with Crippen LogP contribution in [-0.2, 0) is 9.59 Å². The molecule has 44 valence electrons. The van der Waals surface area contributed by atoms with Crippen molar-refractivity contribution in [2.45, 2.75) is 0 Å². The van der Waals surface area contributed by atoms with Gasteiger partial charge in [-0.2, -0.15) is 0 Å². The van der Waals surface area contributed by atoms with Crippen molar-refractivity contribution in [2.75, 3.05) is 0 Å². The molecule has 1 N–H and O–H groups in total. The van der Waals surface area contributed by atoms with Gasteiger partial charge in [-0.15, -0.1) is 0 Å². The fourth-order valence-electron chi connectivity index (χ4n) is 0.0841. The van der Waals surface area contributed by atoms with Crippen LogP contribution in [0.3, 0.4) is 0 Å². The van der Waals surface area contributed by atoms with Crippen molar-refractivity contribution in [2.24, 2.45) is 0 Å². The fraction of sp³-hybridized carbons (Fsp3) is 0. The zero-order valence-corrected chi connectivity index (χ0v) is 4.60. The lowest BCUT2D eigenvalue weighted by atomic mass is 10.3. The largest absolute Gasteiger partial charge is 0.478 e. The van der Waals surface area contributed by atoms with E-state index < -0.39 is 16.8 Å².